The number of thioether (sulfide) groups is 1. The lowest BCUT2D eigenvalue weighted by atomic mass is 9.96. The van der Waals surface area contributed by atoms with Crippen molar-refractivity contribution in [3.63, 3.8) is 0 Å². The fourth-order valence-corrected chi connectivity index (χ4v) is 4.00. The Morgan fingerprint density at radius 1 is 1.30 bits per heavy atom. The van der Waals surface area contributed by atoms with Crippen molar-refractivity contribution in [2.45, 2.75) is 31.7 Å². The summed E-state index contributed by atoms with van der Waals surface area (Å²) in [5.41, 5.74) is 0.603. The normalized spacial score (nSPS) is 15.0. The van der Waals surface area contributed by atoms with E-state index in [0.29, 0.717) is 29.5 Å². The summed E-state index contributed by atoms with van der Waals surface area (Å²) in [6, 6.07) is 7.47. The number of hydrogen-bond donors (Lipinski definition) is 1. The summed E-state index contributed by atoms with van der Waals surface area (Å²) in [4.78, 5) is 30.8. The largest absolute Gasteiger partial charge is 0.466 e. The topological polar surface area (TPSA) is 75.4 Å². The fourth-order valence-electron chi connectivity index (χ4n) is 3.23. The summed E-state index contributed by atoms with van der Waals surface area (Å²) in [6.45, 7) is 5.75. The molecule has 3 rings (SSSR count). The first-order valence-corrected chi connectivity index (χ1v) is 10.2. The second-order valence-electron chi connectivity index (χ2n) is 6.82. The molecule has 0 radical (unpaired) electrons. The number of aromatic nitrogens is 1. The number of aryl methyl sites for hydroxylation is 2. The minimum Gasteiger partial charge on any atom is -0.466 e. The summed E-state index contributed by atoms with van der Waals surface area (Å²) in [5.74, 6) is 2.27. The zero-order valence-electron chi connectivity index (χ0n) is 15.7. The molecule has 1 saturated heterocycles. The van der Waals surface area contributed by atoms with Crippen molar-refractivity contribution in [3.8, 4) is 0 Å². The van der Waals surface area contributed by atoms with Gasteiger partial charge in [0.05, 0.1) is 16.3 Å². The van der Waals surface area contributed by atoms with Gasteiger partial charge in [-0.2, -0.15) is 0 Å². The van der Waals surface area contributed by atoms with Crippen LogP contribution in [0.3, 0.4) is 0 Å². The first-order chi connectivity index (χ1) is 13.0. The van der Waals surface area contributed by atoms with Crippen LogP contribution in [0.4, 0.5) is 0 Å². The number of amides is 2. The van der Waals surface area contributed by atoms with Crippen LogP contribution in [0.5, 0.6) is 0 Å². The van der Waals surface area contributed by atoms with Crippen LogP contribution in [0, 0.1) is 19.8 Å². The minimum atomic E-state index is -0.0883. The number of likely N-dealkylation sites (tertiary alicyclic amines) is 1. The van der Waals surface area contributed by atoms with E-state index in [4.69, 9.17) is 4.42 Å². The number of pyridine rings is 1. The molecule has 6 nitrogen and oxygen atoms in total. The van der Waals surface area contributed by atoms with E-state index in [1.165, 1.54) is 11.8 Å². The highest BCUT2D eigenvalue weighted by atomic mass is 32.2. The van der Waals surface area contributed by atoms with Gasteiger partial charge in [0.15, 0.2) is 0 Å². The zero-order chi connectivity index (χ0) is 19.2. The van der Waals surface area contributed by atoms with Crippen LogP contribution in [0.15, 0.2) is 39.9 Å². The number of rotatable bonds is 6. The molecule has 0 bridgehead atoms. The van der Waals surface area contributed by atoms with E-state index >= 15 is 0 Å². The van der Waals surface area contributed by atoms with Crippen molar-refractivity contribution in [1.82, 2.24) is 15.2 Å². The van der Waals surface area contributed by atoms with Gasteiger partial charge in [-0.05, 0) is 50.8 Å². The predicted molar refractivity (Wildman–Crippen MR) is 105 cm³/mol. The molecular weight excluding hydrogens is 362 g/mol. The number of nitrogens with one attached hydrogen (secondary N) is 1. The highest BCUT2D eigenvalue weighted by molar-refractivity contribution is 7.99. The van der Waals surface area contributed by atoms with E-state index in [1.807, 2.05) is 30.0 Å². The van der Waals surface area contributed by atoms with Gasteiger partial charge in [0.2, 0.25) is 5.91 Å². The summed E-state index contributed by atoms with van der Waals surface area (Å²) >= 11 is 1.47. The van der Waals surface area contributed by atoms with Gasteiger partial charge in [-0.25, -0.2) is 4.98 Å². The molecule has 27 heavy (non-hydrogen) atoms. The Balaban J connectivity index is 1.39. The Labute approximate surface area is 163 Å². The van der Waals surface area contributed by atoms with Crippen molar-refractivity contribution in [2.24, 2.45) is 5.92 Å². The Morgan fingerprint density at radius 2 is 2.07 bits per heavy atom. The molecule has 1 aliphatic rings. The number of furan rings is 1. The quantitative estimate of drug-likeness (QED) is 0.771. The van der Waals surface area contributed by atoms with E-state index in [1.54, 1.807) is 19.2 Å². The summed E-state index contributed by atoms with van der Waals surface area (Å²) < 4.78 is 5.41. The van der Waals surface area contributed by atoms with Crippen molar-refractivity contribution in [3.05, 3.63) is 47.5 Å². The molecule has 2 aromatic heterocycles. The zero-order valence-corrected chi connectivity index (χ0v) is 16.6. The van der Waals surface area contributed by atoms with E-state index in [9.17, 15) is 9.59 Å². The molecule has 1 aliphatic heterocycles. The highest BCUT2D eigenvalue weighted by Gasteiger charge is 2.23. The van der Waals surface area contributed by atoms with E-state index in [2.05, 4.69) is 10.3 Å². The van der Waals surface area contributed by atoms with Gasteiger partial charge in [-0.15, -0.1) is 0 Å². The molecule has 1 N–H and O–H groups in total. The molecular formula is C20H25N3O3S. The number of hydrogen-bond acceptors (Lipinski definition) is 5. The van der Waals surface area contributed by atoms with Gasteiger partial charge >= 0.3 is 0 Å². The van der Waals surface area contributed by atoms with Crippen molar-refractivity contribution >= 4 is 23.6 Å². The second kappa shape index (κ2) is 9.08. The SMILES string of the molecule is Cc1cc(C(=O)NCC2CCN(C(=O)CSc3ccccn3)CC2)c(C)o1. The van der Waals surface area contributed by atoms with Gasteiger partial charge in [0.1, 0.15) is 11.5 Å². The maximum Gasteiger partial charge on any atom is 0.254 e. The smallest absolute Gasteiger partial charge is 0.254 e. The molecule has 3 heterocycles. The van der Waals surface area contributed by atoms with Crippen molar-refractivity contribution in [1.29, 1.82) is 0 Å². The third-order valence-electron chi connectivity index (χ3n) is 4.79. The molecule has 7 heteroatoms. The third kappa shape index (κ3) is 5.35. The van der Waals surface area contributed by atoms with Gasteiger partial charge in [0.25, 0.3) is 5.91 Å². The van der Waals surface area contributed by atoms with Crippen LogP contribution >= 0.6 is 11.8 Å². The molecule has 0 spiro atoms. The van der Waals surface area contributed by atoms with Gasteiger partial charge in [-0.1, -0.05) is 17.8 Å². The molecule has 1 fully saturated rings. The Hall–Kier alpha value is -2.28. The lowest BCUT2D eigenvalue weighted by Gasteiger charge is -2.32. The van der Waals surface area contributed by atoms with Crippen LogP contribution < -0.4 is 5.32 Å². The van der Waals surface area contributed by atoms with Crippen LogP contribution in [-0.4, -0.2) is 47.1 Å². The van der Waals surface area contributed by atoms with Crippen LogP contribution in [0.2, 0.25) is 0 Å². The second-order valence-corrected chi connectivity index (χ2v) is 7.81. The molecule has 0 unspecified atom stereocenters. The standard InChI is InChI=1S/C20H25N3O3S/c1-14-11-17(15(2)26-14)20(25)22-12-16-6-9-23(10-7-16)19(24)13-27-18-5-3-4-8-21-18/h3-5,8,11,16H,6-7,9-10,12-13H2,1-2H3,(H,22,25). The first kappa shape index (κ1) is 19.5. The fraction of sp³-hybridized carbons (Fsp3) is 0.450. The molecule has 0 atom stereocenters. The lowest BCUT2D eigenvalue weighted by Crippen LogP contribution is -2.42. The molecule has 0 aromatic carbocycles. The number of nitrogens with zero attached hydrogens (tertiary/aromatic N) is 2. The van der Waals surface area contributed by atoms with Crippen LogP contribution in [0.1, 0.15) is 34.7 Å². The maximum atomic E-state index is 12.4. The molecule has 144 valence electrons. The monoisotopic (exact) mass is 387 g/mol. The molecule has 2 aromatic rings. The van der Waals surface area contributed by atoms with Gasteiger partial charge in [-0.3, -0.25) is 9.59 Å². The van der Waals surface area contributed by atoms with E-state index in [-0.39, 0.29) is 11.8 Å². The molecule has 0 aliphatic carbocycles. The highest BCUT2D eigenvalue weighted by Crippen LogP contribution is 2.20. The summed E-state index contributed by atoms with van der Waals surface area (Å²) in [5, 5.41) is 3.87. The summed E-state index contributed by atoms with van der Waals surface area (Å²) in [6.07, 6.45) is 3.55. The van der Waals surface area contributed by atoms with Crippen LogP contribution in [0.25, 0.3) is 0 Å². The number of carbonyl (C=O) groups excluding carboxylic acids is 2. The minimum absolute atomic E-state index is 0.0883. The van der Waals surface area contributed by atoms with Gasteiger partial charge < -0.3 is 14.6 Å². The Kier molecular flexibility index (Phi) is 6.55. The Morgan fingerprint density at radius 3 is 2.70 bits per heavy atom. The predicted octanol–water partition coefficient (Wildman–Crippen LogP) is 3.05. The third-order valence-corrected chi connectivity index (χ3v) is 5.71. The first-order valence-electron chi connectivity index (χ1n) is 9.20. The van der Waals surface area contributed by atoms with Gasteiger partial charge in [0, 0.05) is 25.8 Å². The Bertz CT molecular complexity index is 783. The average Bonchev–Trinajstić information content (AvgIpc) is 3.03. The van der Waals surface area contributed by atoms with Crippen molar-refractivity contribution in [2.75, 3.05) is 25.4 Å². The van der Waals surface area contributed by atoms with E-state index in [0.717, 1.165) is 36.7 Å². The lowest BCUT2D eigenvalue weighted by molar-refractivity contribution is -0.129. The molecule has 2 amide bonds. The van der Waals surface area contributed by atoms with Crippen LogP contribution in [-0.2, 0) is 4.79 Å². The van der Waals surface area contributed by atoms with E-state index < -0.39 is 0 Å². The number of carbonyl (C=O) groups is 2. The summed E-state index contributed by atoms with van der Waals surface area (Å²) in [7, 11) is 0. The average molecular weight is 388 g/mol. The van der Waals surface area contributed by atoms with Crippen molar-refractivity contribution < 1.29 is 14.0 Å². The molecule has 0 saturated carbocycles. The maximum absolute atomic E-state index is 12.4. The number of piperidine rings is 1.